The van der Waals surface area contributed by atoms with E-state index < -0.39 is 109 Å². The van der Waals surface area contributed by atoms with Crippen LogP contribution < -0.4 is 11.2 Å². The molecule has 2 aliphatic heterocycles. The van der Waals surface area contributed by atoms with Gasteiger partial charge in [-0.1, -0.05) is 24.6 Å². The molecule has 1 fully saturated rings. The van der Waals surface area contributed by atoms with Crippen LogP contribution in [0.1, 0.15) is 100 Å². The summed E-state index contributed by atoms with van der Waals surface area (Å²) in [7, 11) is 0. The van der Waals surface area contributed by atoms with E-state index in [4.69, 9.17) is 15.2 Å². The Morgan fingerprint density at radius 2 is 1.81 bits per heavy atom. The Balaban J connectivity index is 1.29. The first-order valence-corrected chi connectivity index (χ1v) is 17.7. The number of nitrogens with one attached hydrogen (secondary N) is 1. The minimum absolute atomic E-state index is 0.00364. The van der Waals surface area contributed by atoms with Gasteiger partial charge in [0, 0.05) is 66.6 Å². The van der Waals surface area contributed by atoms with Gasteiger partial charge >= 0.3 is 0 Å². The normalized spacial score (nSPS) is 27.9. The van der Waals surface area contributed by atoms with E-state index in [0.29, 0.717) is 25.8 Å². The number of fused-ring (bicyclic) bond motifs is 3. The van der Waals surface area contributed by atoms with Crippen LogP contribution in [0.4, 0.5) is 0 Å². The number of nitrogens with zero attached hydrogens (tertiary/aromatic N) is 2. The number of ether oxygens (including phenoxy) is 2. The van der Waals surface area contributed by atoms with Crippen molar-refractivity contribution in [3.8, 4) is 11.5 Å². The number of carbonyl (C=O) groups is 4. The van der Waals surface area contributed by atoms with Crippen LogP contribution in [0.3, 0.4) is 0 Å². The molecule has 2 heterocycles. The van der Waals surface area contributed by atoms with Gasteiger partial charge in [0.1, 0.15) is 23.3 Å². The fraction of sp³-hybridized carbons (Fsp3) is 0.486. The molecular weight excluding hydrogens is 708 g/mol. The van der Waals surface area contributed by atoms with Crippen molar-refractivity contribution in [1.29, 1.82) is 0 Å². The van der Waals surface area contributed by atoms with Crippen molar-refractivity contribution in [3.63, 3.8) is 0 Å². The van der Waals surface area contributed by atoms with Crippen molar-refractivity contribution in [2.24, 2.45) is 10.8 Å². The number of benzene rings is 2. The van der Waals surface area contributed by atoms with Crippen LogP contribution in [0.2, 0.25) is 0 Å². The van der Waals surface area contributed by atoms with Crippen LogP contribution >= 0.6 is 0 Å². The maximum Gasteiger partial charge on any atom is 0.248 e. The van der Waals surface area contributed by atoms with Gasteiger partial charge in [-0.3, -0.25) is 19.2 Å². The molecule has 7 atom stereocenters. The summed E-state index contributed by atoms with van der Waals surface area (Å²) in [6.07, 6.45) is -2.17. The number of hydrogen-bond donors (Lipinski definition) is 9. The number of aliphatic hydroxyl groups excluding tert-OH is 4. The van der Waals surface area contributed by atoms with E-state index in [1.54, 1.807) is 6.92 Å². The SMILES string of the molecule is CC1O[C@@H](O[C@H]2C[C@](O)(/C(CO)=N/NC(=O)CCCCCN3C(=O)C=CC3O)Cc3c(O)c4c(c(O)c32)C(=O)c2c(CO)cccc2C4=O)C[C@@H](N)[C@H]1O. The van der Waals surface area contributed by atoms with E-state index in [1.165, 1.54) is 35.3 Å². The highest BCUT2D eigenvalue weighted by Crippen LogP contribution is 2.52. The molecule has 290 valence electrons. The quantitative estimate of drug-likeness (QED) is 0.0496. The summed E-state index contributed by atoms with van der Waals surface area (Å²) < 4.78 is 12.1. The van der Waals surface area contributed by atoms with E-state index in [0.717, 1.165) is 0 Å². The second-order valence-corrected chi connectivity index (χ2v) is 14.1. The van der Waals surface area contributed by atoms with Crippen molar-refractivity contribution in [2.75, 3.05) is 13.2 Å². The molecule has 2 amide bonds. The number of hydrogen-bond acceptors (Lipinski definition) is 15. The highest BCUT2D eigenvalue weighted by atomic mass is 16.7. The number of hydrazone groups is 1. The molecular formula is C37H44N4O13. The van der Waals surface area contributed by atoms with E-state index in [-0.39, 0.29) is 52.3 Å². The molecule has 0 aromatic heterocycles. The van der Waals surface area contributed by atoms with Gasteiger partial charge in [-0.15, -0.1) is 0 Å². The summed E-state index contributed by atoms with van der Waals surface area (Å²) in [5, 5.41) is 80.2. The molecule has 54 heavy (non-hydrogen) atoms. The summed E-state index contributed by atoms with van der Waals surface area (Å²) in [6.45, 7) is 0.416. The standard InChI is InChI=1S/C37H44N4O13/c1-17-32(47)21(38)12-27(53-17)54-22-14-37(52,23(16-43)39-40-24(44)8-3-2-4-11-41-25(45)9-10-26(41)46)13-20-29(22)36(51)31-30(34(20)49)33(48)19-7-5-6-18(15-42)28(19)35(31)50/h5-7,9-10,17,21-22,25,27,32,42-43,45,47,49,51-52H,2-4,8,11-16,38H2,1H3,(H,40,44)/b39-23+/t17?,21-,22+,25?,27+,32+,37+/m1/s1. The topological polar surface area (TPSA) is 282 Å². The van der Waals surface area contributed by atoms with Gasteiger partial charge in [0.25, 0.3) is 0 Å². The van der Waals surface area contributed by atoms with Crippen LogP contribution in [0.5, 0.6) is 11.5 Å². The second kappa shape index (κ2) is 15.6. The number of phenols is 2. The molecule has 2 aromatic rings. The highest BCUT2D eigenvalue weighted by Gasteiger charge is 2.49. The predicted octanol–water partition coefficient (Wildman–Crippen LogP) is -0.335. The van der Waals surface area contributed by atoms with Crippen molar-refractivity contribution < 1.29 is 64.4 Å². The smallest absolute Gasteiger partial charge is 0.248 e. The Kier molecular flexibility index (Phi) is 11.3. The molecule has 4 aliphatic rings. The van der Waals surface area contributed by atoms with Crippen LogP contribution in [-0.4, -0.2) is 119 Å². The lowest BCUT2D eigenvalue weighted by Crippen LogP contribution is -2.53. The first-order valence-electron chi connectivity index (χ1n) is 17.7. The minimum atomic E-state index is -2.17. The first-order chi connectivity index (χ1) is 25.7. The summed E-state index contributed by atoms with van der Waals surface area (Å²) in [5.41, 5.74) is 4.46. The van der Waals surface area contributed by atoms with E-state index in [1.807, 2.05) is 0 Å². The average Bonchev–Trinajstić information content (AvgIpc) is 3.46. The number of aromatic hydroxyl groups is 2. The number of rotatable bonds is 12. The lowest BCUT2D eigenvalue weighted by atomic mass is 9.71. The molecule has 6 rings (SSSR count). The number of ketones is 2. The van der Waals surface area contributed by atoms with Crippen LogP contribution in [0.25, 0.3) is 0 Å². The Morgan fingerprint density at radius 1 is 1.07 bits per heavy atom. The van der Waals surface area contributed by atoms with E-state index in [9.17, 15) is 54.9 Å². The molecule has 17 nitrogen and oxygen atoms in total. The fourth-order valence-electron chi connectivity index (χ4n) is 7.63. The zero-order chi connectivity index (χ0) is 39.1. The van der Waals surface area contributed by atoms with Crippen molar-refractivity contribution in [3.05, 3.63) is 69.3 Å². The lowest BCUT2D eigenvalue weighted by Gasteiger charge is -2.43. The first kappa shape index (κ1) is 39.1. The molecule has 2 aromatic carbocycles. The maximum absolute atomic E-state index is 13.9. The van der Waals surface area contributed by atoms with Crippen molar-refractivity contribution in [2.45, 2.75) is 101 Å². The third-order valence-electron chi connectivity index (χ3n) is 10.5. The fourth-order valence-corrected chi connectivity index (χ4v) is 7.63. The van der Waals surface area contributed by atoms with Crippen LogP contribution in [0.15, 0.2) is 35.5 Å². The third-order valence-corrected chi connectivity index (χ3v) is 10.5. The summed E-state index contributed by atoms with van der Waals surface area (Å²) >= 11 is 0. The molecule has 1 saturated heterocycles. The largest absolute Gasteiger partial charge is 0.507 e. The summed E-state index contributed by atoms with van der Waals surface area (Å²) in [5.74, 6) is -3.92. The average molecular weight is 753 g/mol. The lowest BCUT2D eigenvalue weighted by molar-refractivity contribution is -0.245. The molecule has 0 bridgehead atoms. The zero-order valence-electron chi connectivity index (χ0n) is 29.5. The molecule has 0 spiro atoms. The molecule has 2 aliphatic carbocycles. The Bertz CT molecular complexity index is 1900. The Labute approximate surface area is 309 Å². The minimum Gasteiger partial charge on any atom is -0.507 e. The number of unbranched alkanes of at least 4 members (excludes halogenated alkanes) is 2. The van der Waals surface area contributed by atoms with Crippen LogP contribution in [-0.2, 0) is 32.1 Å². The summed E-state index contributed by atoms with van der Waals surface area (Å²) in [6, 6.07) is 3.48. The molecule has 17 heteroatoms. The highest BCUT2D eigenvalue weighted by molar-refractivity contribution is 6.31. The second-order valence-electron chi connectivity index (χ2n) is 14.1. The molecule has 2 unspecified atom stereocenters. The van der Waals surface area contributed by atoms with Gasteiger partial charge in [-0.2, -0.15) is 5.10 Å². The number of amides is 2. The van der Waals surface area contributed by atoms with Gasteiger partial charge in [-0.25, -0.2) is 5.43 Å². The number of phenolic OH excluding ortho intramolecular Hbond substituents is 2. The molecule has 0 radical (unpaired) electrons. The predicted molar refractivity (Wildman–Crippen MR) is 187 cm³/mol. The molecule has 10 N–H and O–H groups in total. The van der Waals surface area contributed by atoms with Crippen molar-refractivity contribution >= 4 is 29.1 Å². The third kappa shape index (κ3) is 7.16. The Morgan fingerprint density at radius 3 is 2.48 bits per heavy atom. The summed E-state index contributed by atoms with van der Waals surface area (Å²) in [4.78, 5) is 53.6. The zero-order valence-corrected chi connectivity index (χ0v) is 29.5. The van der Waals surface area contributed by atoms with Crippen molar-refractivity contribution in [1.82, 2.24) is 10.3 Å². The number of nitrogens with two attached hydrogens (primary N) is 1. The van der Waals surface area contributed by atoms with Gasteiger partial charge < -0.3 is 55.9 Å². The van der Waals surface area contributed by atoms with Gasteiger partial charge in [0.15, 0.2) is 17.9 Å². The maximum atomic E-state index is 13.9. The van der Waals surface area contributed by atoms with E-state index in [2.05, 4.69) is 10.5 Å². The molecule has 0 saturated carbocycles. The Hall–Kier alpha value is -4.59. The monoisotopic (exact) mass is 752 g/mol. The van der Waals surface area contributed by atoms with Crippen LogP contribution in [0, 0.1) is 0 Å². The van der Waals surface area contributed by atoms with Gasteiger partial charge in [0.05, 0.1) is 48.4 Å². The van der Waals surface area contributed by atoms with E-state index >= 15 is 0 Å². The van der Waals surface area contributed by atoms with Gasteiger partial charge in [-0.05, 0) is 31.4 Å². The number of carbonyl (C=O) groups excluding carboxylic acids is 4. The van der Waals surface area contributed by atoms with Gasteiger partial charge in [0.2, 0.25) is 11.8 Å². The number of aliphatic hydroxyl groups is 5.